The summed E-state index contributed by atoms with van der Waals surface area (Å²) in [6.45, 7) is 4.28. The standard InChI is InChI=1S/C10H16O2.Na/c1-7(2)8-3-4-10(12)9(5-8)6-11;/h6-8,11H,3-5H2,1-2H3;/q;+1/p-1. The molecule has 13 heavy (non-hydrogen) atoms. The first-order chi connectivity index (χ1) is 5.65. The van der Waals surface area contributed by atoms with Crippen molar-refractivity contribution in [1.29, 1.82) is 0 Å². The molecule has 0 aromatic carbocycles. The van der Waals surface area contributed by atoms with Crippen LogP contribution in [-0.2, 0) is 4.79 Å². The largest absolute Gasteiger partial charge is 1.00 e. The van der Waals surface area contributed by atoms with Gasteiger partial charge in [0, 0.05) is 6.42 Å². The summed E-state index contributed by atoms with van der Waals surface area (Å²) in [5.74, 6) is 1.16. The third-order valence-corrected chi connectivity index (χ3v) is 2.67. The molecule has 1 aliphatic rings. The first-order valence-electron chi connectivity index (χ1n) is 4.49. The van der Waals surface area contributed by atoms with E-state index in [0.717, 1.165) is 12.7 Å². The summed E-state index contributed by atoms with van der Waals surface area (Å²) in [7, 11) is 0. The fourth-order valence-corrected chi connectivity index (χ4v) is 1.66. The number of ketones is 1. The normalized spacial score (nSPS) is 26.2. The molecule has 0 N–H and O–H groups in total. The van der Waals surface area contributed by atoms with Gasteiger partial charge in [-0.25, -0.2) is 0 Å². The molecule has 68 valence electrons. The second-order valence-corrected chi connectivity index (χ2v) is 3.81. The first-order valence-corrected chi connectivity index (χ1v) is 4.49. The van der Waals surface area contributed by atoms with Crippen molar-refractivity contribution in [2.45, 2.75) is 33.1 Å². The zero-order chi connectivity index (χ0) is 9.14. The molecule has 0 heterocycles. The predicted octanol–water partition coefficient (Wildman–Crippen LogP) is -1.74. The van der Waals surface area contributed by atoms with Gasteiger partial charge >= 0.3 is 29.6 Å². The number of hydrogen-bond acceptors (Lipinski definition) is 2. The second kappa shape index (κ2) is 5.84. The summed E-state index contributed by atoms with van der Waals surface area (Å²) < 4.78 is 0. The summed E-state index contributed by atoms with van der Waals surface area (Å²) in [4.78, 5) is 11.1. The molecule has 1 unspecified atom stereocenters. The van der Waals surface area contributed by atoms with Crippen LogP contribution in [0.1, 0.15) is 33.1 Å². The van der Waals surface area contributed by atoms with Crippen molar-refractivity contribution in [2.75, 3.05) is 0 Å². The van der Waals surface area contributed by atoms with Crippen LogP contribution < -0.4 is 34.7 Å². The molecule has 0 spiro atoms. The Morgan fingerprint density at radius 3 is 2.62 bits per heavy atom. The maximum Gasteiger partial charge on any atom is 1.00 e. The van der Waals surface area contributed by atoms with Crippen molar-refractivity contribution in [1.82, 2.24) is 0 Å². The average molecular weight is 190 g/mol. The smallest absolute Gasteiger partial charge is 0.878 e. The van der Waals surface area contributed by atoms with Crippen LogP contribution in [0.3, 0.4) is 0 Å². The van der Waals surface area contributed by atoms with Crippen molar-refractivity contribution in [3.8, 4) is 0 Å². The predicted molar refractivity (Wildman–Crippen MR) is 45.3 cm³/mol. The molecule has 1 fully saturated rings. The van der Waals surface area contributed by atoms with E-state index in [0.29, 0.717) is 30.3 Å². The Kier molecular flexibility index (Phi) is 5.93. The van der Waals surface area contributed by atoms with Gasteiger partial charge in [0.05, 0.1) is 0 Å². The van der Waals surface area contributed by atoms with E-state index in [2.05, 4.69) is 13.8 Å². The molecule has 1 aliphatic carbocycles. The molecule has 0 saturated heterocycles. The van der Waals surface area contributed by atoms with Crippen LogP contribution >= 0.6 is 0 Å². The molecular weight excluding hydrogens is 175 g/mol. The van der Waals surface area contributed by atoms with E-state index in [-0.39, 0.29) is 35.3 Å². The van der Waals surface area contributed by atoms with Gasteiger partial charge in [0.2, 0.25) is 0 Å². The van der Waals surface area contributed by atoms with Gasteiger partial charge in [-0.1, -0.05) is 13.8 Å². The van der Waals surface area contributed by atoms with Crippen LogP contribution in [0.25, 0.3) is 0 Å². The maximum absolute atomic E-state index is 11.1. The topological polar surface area (TPSA) is 40.1 Å². The summed E-state index contributed by atoms with van der Waals surface area (Å²) in [5.41, 5.74) is 0.500. The number of allylic oxidation sites excluding steroid dienone is 1. The minimum absolute atomic E-state index is 0. The summed E-state index contributed by atoms with van der Waals surface area (Å²) in [5, 5.41) is 10.5. The fourth-order valence-electron chi connectivity index (χ4n) is 1.66. The summed E-state index contributed by atoms with van der Waals surface area (Å²) >= 11 is 0. The Hall–Kier alpha value is 0.210. The zero-order valence-corrected chi connectivity index (χ0v) is 10.7. The van der Waals surface area contributed by atoms with E-state index in [1.807, 2.05) is 0 Å². The van der Waals surface area contributed by atoms with Crippen LogP contribution in [0.15, 0.2) is 11.8 Å². The van der Waals surface area contributed by atoms with Crippen molar-refractivity contribution in [3.05, 3.63) is 11.8 Å². The van der Waals surface area contributed by atoms with E-state index in [1.54, 1.807) is 0 Å². The monoisotopic (exact) mass is 190 g/mol. The summed E-state index contributed by atoms with van der Waals surface area (Å²) in [6, 6.07) is 0. The average Bonchev–Trinajstić information content (AvgIpc) is 2.05. The van der Waals surface area contributed by atoms with Crippen LogP contribution in [0, 0.1) is 11.8 Å². The first kappa shape index (κ1) is 13.2. The summed E-state index contributed by atoms with van der Waals surface area (Å²) in [6.07, 6.45) is 2.95. The number of Topliss-reactive ketones (excluding diaryl/α,β-unsaturated/α-hetero) is 1. The van der Waals surface area contributed by atoms with Gasteiger partial charge in [-0.2, -0.15) is 0 Å². The van der Waals surface area contributed by atoms with Crippen LogP contribution in [0.2, 0.25) is 0 Å². The Morgan fingerprint density at radius 1 is 1.54 bits per heavy atom. The molecule has 1 rings (SSSR count). The number of rotatable bonds is 1. The third kappa shape index (κ3) is 3.45. The second-order valence-electron chi connectivity index (χ2n) is 3.81. The van der Waals surface area contributed by atoms with E-state index >= 15 is 0 Å². The Bertz CT molecular complexity index is 209. The van der Waals surface area contributed by atoms with E-state index in [9.17, 15) is 9.90 Å². The van der Waals surface area contributed by atoms with Gasteiger partial charge in [-0.15, -0.1) is 6.26 Å². The molecule has 0 aliphatic heterocycles. The van der Waals surface area contributed by atoms with E-state index in [4.69, 9.17) is 0 Å². The quantitative estimate of drug-likeness (QED) is 0.280. The molecule has 1 atom stereocenters. The number of carbonyl (C=O) groups is 1. The van der Waals surface area contributed by atoms with Crippen LogP contribution in [-0.4, -0.2) is 5.78 Å². The number of carbonyl (C=O) groups excluding carboxylic acids is 1. The zero-order valence-electron chi connectivity index (χ0n) is 8.67. The molecule has 0 radical (unpaired) electrons. The Labute approximate surface area is 102 Å². The molecule has 0 bridgehead atoms. The molecule has 1 saturated carbocycles. The SMILES string of the molecule is CC(C)C1CCC(=O)C(=C[O-])C1.[Na+]. The van der Waals surface area contributed by atoms with Gasteiger partial charge < -0.3 is 5.11 Å². The van der Waals surface area contributed by atoms with Crippen molar-refractivity contribution >= 4 is 5.78 Å². The van der Waals surface area contributed by atoms with Gasteiger partial charge in [0.15, 0.2) is 5.78 Å². The van der Waals surface area contributed by atoms with Crippen LogP contribution in [0.4, 0.5) is 0 Å². The van der Waals surface area contributed by atoms with Gasteiger partial charge in [-0.05, 0) is 30.3 Å². The van der Waals surface area contributed by atoms with Crippen molar-refractivity contribution in [2.24, 2.45) is 11.8 Å². The van der Waals surface area contributed by atoms with Crippen molar-refractivity contribution in [3.63, 3.8) is 0 Å². The molecule has 0 aromatic rings. The molecule has 2 nitrogen and oxygen atoms in total. The maximum atomic E-state index is 11.1. The van der Waals surface area contributed by atoms with Gasteiger partial charge in [0.1, 0.15) is 0 Å². The third-order valence-electron chi connectivity index (χ3n) is 2.67. The molecule has 0 aromatic heterocycles. The van der Waals surface area contributed by atoms with Gasteiger partial charge in [0.25, 0.3) is 0 Å². The number of hydrogen-bond donors (Lipinski definition) is 0. The van der Waals surface area contributed by atoms with Gasteiger partial charge in [-0.3, -0.25) is 4.79 Å². The minimum atomic E-state index is 0. The Morgan fingerprint density at radius 2 is 2.15 bits per heavy atom. The molecular formula is C10H15NaO2. The Balaban J connectivity index is 0.00000144. The van der Waals surface area contributed by atoms with Crippen LogP contribution in [0.5, 0.6) is 0 Å². The fraction of sp³-hybridized carbons (Fsp3) is 0.700. The van der Waals surface area contributed by atoms with E-state index in [1.165, 1.54) is 0 Å². The van der Waals surface area contributed by atoms with E-state index < -0.39 is 0 Å². The van der Waals surface area contributed by atoms with Crippen molar-refractivity contribution < 1.29 is 39.5 Å². The molecule has 3 heteroatoms. The minimum Gasteiger partial charge on any atom is -0.878 e. The molecule has 0 amide bonds.